The van der Waals surface area contributed by atoms with E-state index < -0.39 is 22.3 Å². The average Bonchev–Trinajstić information content (AvgIpc) is 2.47. The maximum Gasteiger partial charge on any atom is 0.342 e. The van der Waals surface area contributed by atoms with E-state index in [1.165, 1.54) is 0 Å². The quantitative estimate of drug-likeness (QED) is 0.380. The van der Waals surface area contributed by atoms with Crippen molar-refractivity contribution < 1.29 is 0 Å². The highest BCUT2D eigenvalue weighted by Crippen LogP contribution is 2.75. The summed E-state index contributed by atoms with van der Waals surface area (Å²) >= 11 is 1.93. The molecule has 2 aliphatic rings. The molecule has 12 heteroatoms. The van der Waals surface area contributed by atoms with Crippen LogP contribution < -0.4 is 34.9 Å². The Hall–Kier alpha value is 1.16. The SMILES string of the molecule is CN[P+]1(NC)NP2(=NCCCS2)N[P+](NC)(NC)N1. The van der Waals surface area contributed by atoms with E-state index in [4.69, 9.17) is 4.74 Å². The molecule has 0 bridgehead atoms. The van der Waals surface area contributed by atoms with Crippen LogP contribution in [0.4, 0.5) is 0 Å². The molecule has 0 saturated carbocycles. The van der Waals surface area contributed by atoms with Crippen molar-refractivity contribution in [3.8, 4) is 0 Å². The highest BCUT2D eigenvalue weighted by atomic mass is 32.7. The molecule has 0 aromatic heterocycles. The molecule has 0 aliphatic carbocycles. The predicted molar refractivity (Wildman–Crippen MR) is 90.8 cm³/mol. The Morgan fingerprint density at radius 2 is 1.53 bits per heavy atom. The minimum absolute atomic E-state index is 0.932. The van der Waals surface area contributed by atoms with E-state index in [0.29, 0.717) is 0 Å². The summed E-state index contributed by atoms with van der Waals surface area (Å²) in [7, 11) is 4.20. The summed E-state index contributed by atoms with van der Waals surface area (Å²) in [6.45, 7) is -0.833. The summed E-state index contributed by atoms with van der Waals surface area (Å²) in [4.78, 5) is 11.1. The van der Waals surface area contributed by atoms with E-state index >= 15 is 0 Å². The average molecular weight is 346 g/mol. The Kier molecular flexibility index (Phi) is 5.66. The third-order valence-electron chi connectivity index (χ3n) is 3.09. The first kappa shape index (κ1) is 16.5. The van der Waals surface area contributed by atoms with Crippen LogP contribution in [0.1, 0.15) is 6.42 Å². The molecule has 0 unspecified atom stereocenters. The molecule has 2 aliphatic heterocycles. The second-order valence-electron chi connectivity index (χ2n) is 4.16. The molecule has 0 aromatic carbocycles. The van der Waals surface area contributed by atoms with E-state index in [-0.39, 0.29) is 0 Å². The number of hydrogen-bond acceptors (Lipinski definition) is 9. The van der Waals surface area contributed by atoms with Crippen LogP contribution in [-0.2, 0) is 0 Å². The van der Waals surface area contributed by atoms with Crippen molar-refractivity contribution in [3.05, 3.63) is 0 Å². The monoisotopic (exact) mass is 346 g/mol. The zero-order chi connectivity index (χ0) is 14.0. The minimum atomic E-state index is -1.84. The second kappa shape index (κ2) is 6.51. The summed E-state index contributed by atoms with van der Waals surface area (Å²) in [6.07, 6.45) is 1.16. The Morgan fingerprint density at radius 3 is 1.89 bits per heavy atom. The molecular formula is C7H25N8P3S+2. The first-order valence-corrected chi connectivity index (χ1v) is 13.1. The van der Waals surface area contributed by atoms with Gasteiger partial charge in [0.2, 0.25) is 6.56 Å². The van der Waals surface area contributed by atoms with Crippen LogP contribution in [-0.4, -0.2) is 40.5 Å². The van der Waals surface area contributed by atoms with Gasteiger partial charge in [-0.1, -0.05) is 21.1 Å². The fraction of sp³-hybridized carbons (Fsp3) is 1.00. The normalized spacial score (nSPS) is 28.0. The van der Waals surface area contributed by atoms with Crippen LogP contribution in [0.3, 0.4) is 0 Å². The largest absolute Gasteiger partial charge is 0.342 e. The van der Waals surface area contributed by atoms with Crippen LogP contribution >= 0.6 is 33.7 Å². The van der Waals surface area contributed by atoms with E-state index in [0.717, 1.165) is 18.7 Å². The number of nitrogens with zero attached hydrogens (tertiary/aromatic N) is 1. The van der Waals surface area contributed by atoms with Crippen LogP contribution in [0.2, 0.25) is 0 Å². The molecule has 1 spiro atoms. The van der Waals surface area contributed by atoms with Crippen molar-refractivity contribution >= 4 is 33.7 Å². The van der Waals surface area contributed by atoms with Gasteiger partial charge in [0.05, 0.1) is 0 Å². The fourth-order valence-electron chi connectivity index (χ4n) is 1.96. The lowest BCUT2D eigenvalue weighted by atomic mass is 10.5. The number of nitrogens with one attached hydrogen (secondary N) is 7. The van der Waals surface area contributed by atoms with Gasteiger partial charge < -0.3 is 0 Å². The maximum absolute atomic E-state index is 4.91. The third kappa shape index (κ3) is 3.33. The van der Waals surface area contributed by atoms with Gasteiger partial charge in [0.25, 0.3) is 0 Å². The molecule has 0 radical (unpaired) electrons. The third-order valence-corrected chi connectivity index (χ3v) is 17.7. The first-order valence-electron chi connectivity index (χ1n) is 6.22. The van der Waals surface area contributed by atoms with Crippen molar-refractivity contribution in [1.82, 2.24) is 34.9 Å². The molecule has 1 fully saturated rings. The Bertz CT molecular complexity index is 347. The van der Waals surface area contributed by atoms with E-state index in [2.05, 4.69) is 34.9 Å². The van der Waals surface area contributed by atoms with Gasteiger partial charge in [0.1, 0.15) is 0 Å². The predicted octanol–water partition coefficient (Wildman–Crippen LogP) is 1.08. The standard InChI is InChI=1S/C7H25N8P3S/c1-8-16(9-2)13-17(10-3,11-4)15-18(14-16)12-6-5-7-19-18/h8-11,13-15H,5-7H2,1-4H3/q+2. The summed E-state index contributed by atoms with van der Waals surface area (Å²) in [5.41, 5.74) is 0. The zero-order valence-electron chi connectivity index (χ0n) is 11.8. The molecule has 2 heterocycles. The van der Waals surface area contributed by atoms with E-state index in [1.54, 1.807) is 0 Å². The molecule has 7 N–H and O–H groups in total. The lowest BCUT2D eigenvalue weighted by molar-refractivity contribution is 0.926. The molecule has 1 saturated heterocycles. The fourth-order valence-corrected chi connectivity index (χ4v) is 19.3. The molecule has 19 heavy (non-hydrogen) atoms. The van der Waals surface area contributed by atoms with Gasteiger partial charge in [-0.15, -0.1) is 20.3 Å². The molecule has 8 nitrogen and oxygen atoms in total. The smallest absolute Gasteiger partial charge is 0.260 e. The summed E-state index contributed by atoms with van der Waals surface area (Å²) in [6, 6.07) is 0. The van der Waals surface area contributed by atoms with Gasteiger partial charge in [-0.2, -0.15) is 0 Å². The van der Waals surface area contributed by atoms with Gasteiger partial charge >= 0.3 is 15.7 Å². The van der Waals surface area contributed by atoms with Crippen molar-refractivity contribution in [2.75, 3.05) is 40.5 Å². The topological polar surface area (TPSA) is 96.6 Å². The Morgan fingerprint density at radius 1 is 1.00 bits per heavy atom. The Balaban J connectivity index is 2.39. The van der Waals surface area contributed by atoms with Crippen LogP contribution in [0.25, 0.3) is 0 Å². The molecule has 0 atom stereocenters. The summed E-state index contributed by atoms with van der Waals surface area (Å²) in [5, 5.41) is 13.6. The van der Waals surface area contributed by atoms with Gasteiger partial charge in [-0.25, -0.2) is 0 Å². The van der Waals surface area contributed by atoms with Crippen LogP contribution in [0, 0.1) is 0 Å². The first-order chi connectivity index (χ1) is 9.07. The van der Waals surface area contributed by atoms with Crippen molar-refractivity contribution in [2.24, 2.45) is 4.74 Å². The molecular weight excluding hydrogens is 321 g/mol. The summed E-state index contributed by atoms with van der Waals surface area (Å²) in [5.74, 6) is 1.15. The van der Waals surface area contributed by atoms with Gasteiger partial charge in [0, 0.05) is 45.3 Å². The second-order valence-corrected chi connectivity index (χ2v) is 15.5. The van der Waals surface area contributed by atoms with Crippen molar-refractivity contribution in [3.63, 3.8) is 0 Å². The van der Waals surface area contributed by atoms with E-state index in [9.17, 15) is 0 Å². The maximum atomic E-state index is 4.91. The lowest BCUT2D eigenvalue weighted by Crippen LogP contribution is -2.54. The molecule has 0 aromatic rings. The zero-order valence-corrected chi connectivity index (χ0v) is 15.3. The van der Waals surface area contributed by atoms with Gasteiger partial charge in [0.15, 0.2) is 0 Å². The van der Waals surface area contributed by atoms with Crippen molar-refractivity contribution in [1.29, 1.82) is 0 Å². The highest BCUT2D eigenvalue weighted by Gasteiger charge is 2.62. The minimum Gasteiger partial charge on any atom is -0.260 e. The van der Waals surface area contributed by atoms with Gasteiger partial charge in [-0.3, -0.25) is 4.74 Å². The number of hydrogen-bond donors (Lipinski definition) is 7. The highest BCUT2D eigenvalue weighted by molar-refractivity contribution is 8.59. The van der Waals surface area contributed by atoms with Gasteiger partial charge in [-0.05, 0) is 6.42 Å². The van der Waals surface area contributed by atoms with Crippen LogP contribution in [0.15, 0.2) is 4.74 Å². The molecule has 112 valence electrons. The number of rotatable bonds is 4. The Labute approximate surface area is 120 Å². The lowest BCUT2D eigenvalue weighted by Gasteiger charge is -2.41. The van der Waals surface area contributed by atoms with Crippen LogP contribution in [0.5, 0.6) is 0 Å². The van der Waals surface area contributed by atoms with Crippen molar-refractivity contribution in [2.45, 2.75) is 6.42 Å². The van der Waals surface area contributed by atoms with E-state index in [1.807, 2.05) is 39.6 Å². The summed E-state index contributed by atoms with van der Waals surface area (Å²) < 4.78 is 4.91. The molecule has 2 rings (SSSR count). The molecule has 0 amide bonds.